The van der Waals surface area contributed by atoms with Crippen molar-refractivity contribution in [2.24, 2.45) is 5.92 Å². The Hall–Kier alpha value is -2.73. The van der Waals surface area contributed by atoms with Crippen molar-refractivity contribution in [3.05, 3.63) is 11.0 Å². The Morgan fingerprint density at radius 2 is 1.92 bits per heavy atom. The molecule has 2 atom stereocenters. The number of nitrogens with zero attached hydrogens (tertiary/aromatic N) is 5. The molecule has 2 fully saturated rings. The molecule has 0 spiro atoms. The third kappa shape index (κ3) is 7.27. The molecule has 2 aliphatic rings. The van der Waals surface area contributed by atoms with E-state index >= 15 is 4.39 Å². The van der Waals surface area contributed by atoms with Crippen molar-refractivity contribution in [1.82, 2.24) is 25.3 Å². The SMILES string of the molecule is COc1nc(Cl)c(F)c2nc(OC[C@@H]3CCCNC[C@H](F)C3)nc(N3CCCCCN3C(=O)OC(C)(C)C)c12. The highest BCUT2D eigenvalue weighted by Crippen LogP contribution is 2.38. The highest BCUT2D eigenvalue weighted by atomic mass is 35.5. The molecule has 1 amide bonds. The number of methoxy groups -OCH3 is 1. The monoisotopic (exact) mass is 570 g/mol. The quantitative estimate of drug-likeness (QED) is 0.493. The molecule has 2 aliphatic heterocycles. The summed E-state index contributed by atoms with van der Waals surface area (Å²) in [6.45, 7) is 7.34. The molecule has 0 aliphatic carbocycles. The van der Waals surface area contributed by atoms with Crippen LogP contribution in [0.4, 0.5) is 19.4 Å². The average Bonchev–Trinajstić information content (AvgIpc) is 3.12. The Labute approximate surface area is 232 Å². The molecule has 0 radical (unpaired) electrons. The number of alkyl halides is 1. The van der Waals surface area contributed by atoms with Crippen molar-refractivity contribution in [3.63, 3.8) is 0 Å². The minimum atomic E-state index is -0.988. The molecule has 0 bridgehead atoms. The number of hydrogen-bond acceptors (Lipinski definition) is 9. The third-order valence-electron chi connectivity index (χ3n) is 6.61. The van der Waals surface area contributed by atoms with E-state index in [4.69, 9.17) is 25.8 Å². The van der Waals surface area contributed by atoms with Gasteiger partial charge in [0, 0.05) is 19.6 Å². The van der Waals surface area contributed by atoms with Crippen molar-refractivity contribution in [2.75, 3.05) is 44.9 Å². The van der Waals surface area contributed by atoms with Crippen LogP contribution < -0.4 is 19.8 Å². The highest BCUT2D eigenvalue weighted by molar-refractivity contribution is 6.30. The van der Waals surface area contributed by atoms with Crippen molar-refractivity contribution < 1.29 is 27.8 Å². The van der Waals surface area contributed by atoms with Gasteiger partial charge in [0.05, 0.1) is 13.7 Å². The molecule has 216 valence electrons. The van der Waals surface area contributed by atoms with Crippen LogP contribution >= 0.6 is 11.6 Å². The van der Waals surface area contributed by atoms with Crippen LogP contribution in [0, 0.1) is 11.7 Å². The first-order chi connectivity index (χ1) is 18.6. The van der Waals surface area contributed by atoms with E-state index in [0.717, 1.165) is 38.6 Å². The molecular formula is C26H37ClF2N6O4. The van der Waals surface area contributed by atoms with Gasteiger partial charge < -0.3 is 19.5 Å². The Kier molecular flexibility index (Phi) is 9.47. The number of halogens is 3. The normalized spacial score (nSPS) is 21.2. The van der Waals surface area contributed by atoms with Gasteiger partial charge in [0.25, 0.3) is 0 Å². The summed E-state index contributed by atoms with van der Waals surface area (Å²) in [5.41, 5.74) is -0.873. The Balaban J connectivity index is 1.77. The zero-order chi connectivity index (χ0) is 28.2. The third-order valence-corrected chi connectivity index (χ3v) is 6.86. The molecule has 2 aromatic rings. The van der Waals surface area contributed by atoms with E-state index in [-0.39, 0.29) is 41.1 Å². The summed E-state index contributed by atoms with van der Waals surface area (Å²) in [6.07, 6.45) is 2.82. The van der Waals surface area contributed by atoms with Gasteiger partial charge in [-0.25, -0.2) is 18.6 Å². The van der Waals surface area contributed by atoms with Crippen LogP contribution in [-0.2, 0) is 4.74 Å². The van der Waals surface area contributed by atoms with Crippen LogP contribution in [0.5, 0.6) is 11.9 Å². The second-order valence-electron chi connectivity index (χ2n) is 10.9. The van der Waals surface area contributed by atoms with Gasteiger partial charge in [0.2, 0.25) is 5.88 Å². The van der Waals surface area contributed by atoms with E-state index in [1.165, 1.54) is 12.1 Å². The lowest BCUT2D eigenvalue weighted by atomic mass is 9.96. The molecule has 0 unspecified atom stereocenters. The predicted molar refractivity (Wildman–Crippen MR) is 144 cm³/mol. The average molecular weight is 571 g/mol. The van der Waals surface area contributed by atoms with Crippen LogP contribution in [0.15, 0.2) is 0 Å². The fourth-order valence-electron chi connectivity index (χ4n) is 4.82. The van der Waals surface area contributed by atoms with Gasteiger partial charge in [-0.1, -0.05) is 11.6 Å². The van der Waals surface area contributed by atoms with Gasteiger partial charge in [0.1, 0.15) is 22.7 Å². The predicted octanol–water partition coefficient (Wildman–Crippen LogP) is 5.07. The maximum absolute atomic E-state index is 15.4. The second-order valence-corrected chi connectivity index (χ2v) is 11.3. The highest BCUT2D eigenvalue weighted by Gasteiger charge is 2.33. The van der Waals surface area contributed by atoms with E-state index < -0.39 is 28.8 Å². The van der Waals surface area contributed by atoms with Crippen molar-refractivity contribution >= 4 is 34.4 Å². The number of amides is 1. The minimum Gasteiger partial charge on any atom is -0.480 e. The van der Waals surface area contributed by atoms with Gasteiger partial charge in [0.15, 0.2) is 16.8 Å². The summed E-state index contributed by atoms with van der Waals surface area (Å²) in [7, 11) is 1.38. The number of nitrogens with one attached hydrogen (secondary N) is 1. The number of fused-ring (bicyclic) bond motifs is 1. The van der Waals surface area contributed by atoms with Gasteiger partial charge in [-0.05, 0) is 71.8 Å². The molecule has 2 aromatic heterocycles. The molecule has 1 N–H and O–H groups in total. The van der Waals surface area contributed by atoms with Crippen LogP contribution in [0.1, 0.15) is 59.3 Å². The number of ether oxygens (including phenoxy) is 3. The van der Waals surface area contributed by atoms with E-state index in [9.17, 15) is 9.18 Å². The fourth-order valence-corrected chi connectivity index (χ4v) is 4.99. The van der Waals surface area contributed by atoms with Crippen LogP contribution in [0.2, 0.25) is 5.15 Å². The molecule has 13 heteroatoms. The summed E-state index contributed by atoms with van der Waals surface area (Å²) < 4.78 is 46.7. The number of hydrazine groups is 1. The van der Waals surface area contributed by atoms with Gasteiger partial charge in [-0.3, -0.25) is 5.01 Å². The lowest BCUT2D eigenvalue weighted by Gasteiger charge is -2.35. The molecule has 0 saturated carbocycles. The summed E-state index contributed by atoms with van der Waals surface area (Å²) in [5, 5.41) is 5.94. The van der Waals surface area contributed by atoms with Crippen molar-refractivity contribution in [2.45, 2.75) is 71.1 Å². The van der Waals surface area contributed by atoms with E-state index in [2.05, 4.69) is 20.3 Å². The van der Waals surface area contributed by atoms with Crippen molar-refractivity contribution in [3.8, 4) is 11.9 Å². The van der Waals surface area contributed by atoms with Gasteiger partial charge in [-0.15, -0.1) is 0 Å². The molecule has 10 nitrogen and oxygen atoms in total. The lowest BCUT2D eigenvalue weighted by Crippen LogP contribution is -2.49. The van der Waals surface area contributed by atoms with Crippen LogP contribution in [0.25, 0.3) is 10.9 Å². The maximum Gasteiger partial charge on any atom is 0.429 e. The van der Waals surface area contributed by atoms with E-state index in [0.29, 0.717) is 26.1 Å². The van der Waals surface area contributed by atoms with E-state index in [1.807, 2.05) is 0 Å². The van der Waals surface area contributed by atoms with Crippen molar-refractivity contribution in [1.29, 1.82) is 0 Å². The Morgan fingerprint density at radius 1 is 1.15 bits per heavy atom. The van der Waals surface area contributed by atoms with Crippen LogP contribution in [0.3, 0.4) is 0 Å². The molecule has 2 saturated heterocycles. The maximum atomic E-state index is 15.4. The summed E-state index contributed by atoms with van der Waals surface area (Å²) in [5.74, 6) is -0.714. The number of carbonyl (C=O) groups excluding carboxylic acids is 1. The molecule has 0 aromatic carbocycles. The number of anilines is 1. The molecule has 4 heterocycles. The number of rotatable bonds is 5. The zero-order valence-corrected chi connectivity index (χ0v) is 23.7. The van der Waals surface area contributed by atoms with Crippen LogP contribution in [-0.4, -0.2) is 77.7 Å². The smallest absolute Gasteiger partial charge is 0.429 e. The molecule has 4 rings (SSSR count). The number of aromatic nitrogens is 3. The lowest BCUT2D eigenvalue weighted by molar-refractivity contribution is 0.0232. The standard InChI is InChI=1S/C26H37ClF2N6O4/c1-26(2,3)39-25(36)35-12-7-5-6-11-34(35)22-18-20(19(29)21(27)32-23(18)37-4)31-24(33-22)38-15-16-9-8-10-30-14-17(28)13-16/h16-17,30H,5-15H2,1-4H3/t16-,17-/m1/s1. The largest absolute Gasteiger partial charge is 0.480 e. The molecule has 39 heavy (non-hydrogen) atoms. The van der Waals surface area contributed by atoms with E-state index in [1.54, 1.807) is 25.8 Å². The topological polar surface area (TPSA) is 102 Å². The van der Waals surface area contributed by atoms with Gasteiger partial charge >= 0.3 is 12.1 Å². The number of pyridine rings is 1. The number of carbonyl (C=O) groups is 1. The van der Waals surface area contributed by atoms with Gasteiger partial charge in [-0.2, -0.15) is 15.0 Å². The minimum absolute atomic E-state index is 0.0131. The number of hydrogen-bond donors (Lipinski definition) is 1. The molecular weight excluding hydrogens is 534 g/mol. The first kappa shape index (κ1) is 29.3. The Morgan fingerprint density at radius 3 is 2.67 bits per heavy atom. The first-order valence-electron chi connectivity index (χ1n) is 13.4. The Bertz CT molecular complexity index is 1170. The first-order valence-corrected chi connectivity index (χ1v) is 13.8. The zero-order valence-electron chi connectivity index (χ0n) is 22.9. The summed E-state index contributed by atoms with van der Waals surface area (Å²) in [4.78, 5) is 26.3. The summed E-state index contributed by atoms with van der Waals surface area (Å²) >= 11 is 6.08. The second kappa shape index (κ2) is 12.6. The summed E-state index contributed by atoms with van der Waals surface area (Å²) in [6, 6.07) is -0.107. The fraction of sp³-hybridized carbons (Fsp3) is 0.692.